The predicted molar refractivity (Wildman–Crippen MR) is 81.0 cm³/mol. The Bertz CT molecular complexity index is 697. The summed E-state index contributed by atoms with van der Waals surface area (Å²) >= 11 is 0. The lowest BCUT2D eigenvalue weighted by atomic mass is 9.97. The van der Waals surface area contributed by atoms with E-state index in [0.717, 1.165) is 42.6 Å². The first-order valence-corrected chi connectivity index (χ1v) is 8.92. The maximum Gasteiger partial charge on any atom is 0.240 e. The molecule has 1 atom stereocenters. The summed E-state index contributed by atoms with van der Waals surface area (Å²) in [5, 5.41) is 0. The molecule has 0 spiro atoms. The zero-order valence-corrected chi connectivity index (χ0v) is 13.2. The predicted octanol–water partition coefficient (Wildman–Crippen LogP) is 1.77. The van der Waals surface area contributed by atoms with Gasteiger partial charge in [0.25, 0.3) is 0 Å². The number of anilines is 1. The summed E-state index contributed by atoms with van der Waals surface area (Å²) in [5.74, 6) is -0.166. The lowest BCUT2D eigenvalue weighted by molar-refractivity contribution is -0.119. The van der Waals surface area contributed by atoms with E-state index in [2.05, 4.69) is 4.72 Å². The molecule has 21 heavy (non-hydrogen) atoms. The number of carbonyl (C=O) groups excluding carboxylic acids is 1. The van der Waals surface area contributed by atoms with E-state index in [4.69, 9.17) is 0 Å². The molecule has 5 nitrogen and oxygen atoms in total. The van der Waals surface area contributed by atoms with Crippen LogP contribution in [0.2, 0.25) is 0 Å². The third-order valence-electron chi connectivity index (χ3n) is 4.24. The minimum absolute atomic E-state index is 0.0852. The number of sulfonamides is 1. The highest BCUT2D eigenvalue weighted by Gasteiger charge is 2.38. The zero-order chi connectivity index (χ0) is 15.2. The molecule has 1 aromatic rings. The fraction of sp³-hybridized carbons (Fsp3) is 0.533. The summed E-state index contributed by atoms with van der Waals surface area (Å²) in [6.45, 7) is 4.94. The van der Waals surface area contributed by atoms with E-state index in [1.54, 1.807) is 12.1 Å². The highest BCUT2D eigenvalue weighted by molar-refractivity contribution is 7.89. The van der Waals surface area contributed by atoms with Crippen molar-refractivity contribution in [1.29, 1.82) is 0 Å². The summed E-state index contributed by atoms with van der Waals surface area (Å²) in [7, 11) is -3.49. The number of amides is 1. The quantitative estimate of drug-likeness (QED) is 0.922. The van der Waals surface area contributed by atoms with Gasteiger partial charge in [0.15, 0.2) is 0 Å². The van der Waals surface area contributed by atoms with Gasteiger partial charge in [-0.25, -0.2) is 13.1 Å². The van der Waals surface area contributed by atoms with Crippen molar-refractivity contribution in [3.05, 3.63) is 23.3 Å². The number of benzene rings is 1. The van der Waals surface area contributed by atoms with Crippen LogP contribution in [0.3, 0.4) is 0 Å². The van der Waals surface area contributed by atoms with E-state index in [9.17, 15) is 13.2 Å². The van der Waals surface area contributed by atoms with Gasteiger partial charge in [-0.05, 0) is 49.4 Å². The maximum absolute atomic E-state index is 12.3. The lowest BCUT2D eigenvalue weighted by Crippen LogP contribution is -2.32. The van der Waals surface area contributed by atoms with Crippen molar-refractivity contribution in [3.8, 4) is 0 Å². The maximum atomic E-state index is 12.3. The van der Waals surface area contributed by atoms with Gasteiger partial charge in [-0.1, -0.05) is 6.92 Å². The van der Waals surface area contributed by atoms with E-state index < -0.39 is 10.0 Å². The average molecular weight is 308 g/mol. The first-order valence-electron chi connectivity index (χ1n) is 7.43. The molecule has 2 heterocycles. The topological polar surface area (TPSA) is 66.5 Å². The van der Waals surface area contributed by atoms with Crippen LogP contribution in [0.15, 0.2) is 17.0 Å². The van der Waals surface area contributed by atoms with Crippen molar-refractivity contribution in [2.45, 2.75) is 43.9 Å². The van der Waals surface area contributed by atoms with Crippen LogP contribution in [-0.2, 0) is 21.2 Å². The van der Waals surface area contributed by atoms with Gasteiger partial charge in [0.2, 0.25) is 15.9 Å². The Balaban J connectivity index is 2.10. The van der Waals surface area contributed by atoms with Crippen LogP contribution < -0.4 is 9.62 Å². The first kappa shape index (κ1) is 14.5. The summed E-state index contributed by atoms with van der Waals surface area (Å²) in [6.07, 6.45) is 2.46. The number of hydrogen-bond donors (Lipinski definition) is 1. The van der Waals surface area contributed by atoms with Crippen LogP contribution >= 0.6 is 0 Å². The Hall–Kier alpha value is -1.40. The Morgan fingerprint density at radius 3 is 2.86 bits per heavy atom. The second-order valence-electron chi connectivity index (χ2n) is 5.73. The number of aryl methyl sites for hydroxylation is 1. The van der Waals surface area contributed by atoms with E-state index in [1.165, 1.54) is 0 Å². The Morgan fingerprint density at radius 1 is 1.38 bits per heavy atom. The van der Waals surface area contributed by atoms with Crippen molar-refractivity contribution >= 4 is 21.6 Å². The Morgan fingerprint density at radius 2 is 2.14 bits per heavy atom. The average Bonchev–Trinajstić information content (AvgIpc) is 2.72. The molecular formula is C15H20N2O3S. The van der Waals surface area contributed by atoms with Gasteiger partial charge >= 0.3 is 0 Å². The molecule has 0 fully saturated rings. The molecule has 1 amide bonds. The molecule has 0 saturated carbocycles. The van der Waals surface area contributed by atoms with Crippen molar-refractivity contribution in [1.82, 2.24) is 4.72 Å². The largest absolute Gasteiger partial charge is 0.311 e. The lowest BCUT2D eigenvalue weighted by Gasteiger charge is -2.25. The van der Waals surface area contributed by atoms with Crippen LogP contribution in [0.4, 0.5) is 5.69 Å². The molecule has 1 aromatic carbocycles. The monoisotopic (exact) mass is 308 g/mol. The summed E-state index contributed by atoms with van der Waals surface area (Å²) < 4.78 is 27.3. The molecular weight excluding hydrogens is 288 g/mol. The fourth-order valence-electron chi connectivity index (χ4n) is 3.14. The second-order valence-corrected chi connectivity index (χ2v) is 7.50. The molecule has 0 bridgehead atoms. The van der Waals surface area contributed by atoms with Crippen LogP contribution in [0.5, 0.6) is 0 Å². The highest BCUT2D eigenvalue weighted by Crippen LogP contribution is 2.43. The molecule has 0 radical (unpaired) electrons. The molecule has 3 rings (SSSR count). The van der Waals surface area contributed by atoms with Gasteiger partial charge in [-0.2, -0.15) is 0 Å². The highest BCUT2D eigenvalue weighted by atomic mass is 32.2. The third kappa shape index (κ3) is 2.26. The summed E-state index contributed by atoms with van der Waals surface area (Å²) in [4.78, 5) is 14.4. The van der Waals surface area contributed by atoms with E-state index in [1.807, 2.05) is 18.7 Å². The molecule has 0 aromatic heterocycles. The van der Waals surface area contributed by atoms with Gasteiger partial charge in [0, 0.05) is 13.1 Å². The number of nitrogens with zero attached hydrogens (tertiary/aromatic N) is 1. The normalized spacial score (nSPS) is 20.8. The van der Waals surface area contributed by atoms with Gasteiger partial charge in [0.1, 0.15) is 0 Å². The van der Waals surface area contributed by atoms with Crippen LogP contribution in [0.1, 0.15) is 43.7 Å². The zero-order valence-electron chi connectivity index (χ0n) is 12.3. The number of nitrogens with one attached hydrogen (secondary N) is 1. The molecule has 2 aliphatic heterocycles. The van der Waals surface area contributed by atoms with Gasteiger partial charge in [-0.3, -0.25) is 4.79 Å². The van der Waals surface area contributed by atoms with E-state index >= 15 is 0 Å². The van der Waals surface area contributed by atoms with Crippen molar-refractivity contribution in [3.63, 3.8) is 0 Å². The second kappa shape index (κ2) is 5.10. The number of hydrogen-bond acceptors (Lipinski definition) is 3. The molecule has 114 valence electrons. The van der Waals surface area contributed by atoms with Gasteiger partial charge in [-0.15, -0.1) is 0 Å². The van der Waals surface area contributed by atoms with Crippen LogP contribution in [-0.4, -0.2) is 27.4 Å². The van der Waals surface area contributed by atoms with Crippen molar-refractivity contribution in [2.24, 2.45) is 0 Å². The SMILES string of the molecule is CCCNS(=O)(=O)c1cc2c3c(c1)[C@H](C)C(=O)N3CCC2. The fourth-order valence-corrected chi connectivity index (χ4v) is 4.36. The van der Waals surface area contributed by atoms with Crippen LogP contribution in [0, 0.1) is 0 Å². The van der Waals surface area contributed by atoms with Gasteiger partial charge in [0.05, 0.1) is 16.5 Å². The summed E-state index contributed by atoms with van der Waals surface area (Å²) in [6, 6.07) is 3.40. The molecule has 6 heteroatoms. The molecule has 0 unspecified atom stereocenters. The molecule has 0 saturated heterocycles. The van der Waals surface area contributed by atoms with Crippen LogP contribution in [0.25, 0.3) is 0 Å². The standard InChI is InChI=1S/C15H20N2O3S/c1-3-6-16-21(19,20)12-8-11-5-4-7-17-14(11)13(9-12)10(2)15(17)18/h8-10,16H,3-7H2,1-2H3/t10-/m0/s1. The third-order valence-corrected chi connectivity index (χ3v) is 5.69. The van der Waals surface area contributed by atoms with Crippen molar-refractivity contribution in [2.75, 3.05) is 18.0 Å². The Labute approximate surface area is 125 Å². The van der Waals surface area contributed by atoms with Crippen molar-refractivity contribution < 1.29 is 13.2 Å². The smallest absolute Gasteiger partial charge is 0.240 e. The molecule has 0 aliphatic carbocycles. The Kier molecular flexibility index (Phi) is 3.53. The summed E-state index contributed by atoms with van der Waals surface area (Å²) in [5.41, 5.74) is 2.79. The number of rotatable bonds is 4. The van der Waals surface area contributed by atoms with Gasteiger partial charge < -0.3 is 4.90 Å². The minimum Gasteiger partial charge on any atom is -0.311 e. The minimum atomic E-state index is -3.49. The first-order chi connectivity index (χ1) is 9.95. The van der Waals surface area contributed by atoms with E-state index in [-0.39, 0.29) is 16.7 Å². The molecule has 1 N–H and O–H groups in total. The number of carbonyl (C=O) groups is 1. The molecule has 2 aliphatic rings. The van der Waals surface area contributed by atoms with E-state index in [0.29, 0.717) is 6.54 Å².